The Morgan fingerprint density at radius 3 is 2.90 bits per heavy atom. The minimum atomic E-state index is -1.21. The molecular formula is C22H24N2O6. The number of fused-ring (bicyclic) bond motifs is 1. The van der Waals surface area contributed by atoms with Crippen molar-refractivity contribution in [3.05, 3.63) is 23.8 Å². The van der Waals surface area contributed by atoms with Gasteiger partial charge in [0.05, 0.1) is 17.7 Å². The van der Waals surface area contributed by atoms with Crippen molar-refractivity contribution in [2.75, 3.05) is 25.6 Å². The zero-order valence-electron chi connectivity index (χ0n) is 17.2. The quantitative estimate of drug-likeness (QED) is 0.682. The van der Waals surface area contributed by atoms with E-state index in [-0.39, 0.29) is 42.0 Å². The fourth-order valence-corrected chi connectivity index (χ4v) is 7.32. The van der Waals surface area contributed by atoms with E-state index in [1.807, 2.05) is 32.2 Å². The fourth-order valence-electron chi connectivity index (χ4n) is 7.32. The Morgan fingerprint density at radius 2 is 2.10 bits per heavy atom. The van der Waals surface area contributed by atoms with E-state index in [0.29, 0.717) is 24.4 Å². The highest BCUT2D eigenvalue weighted by Crippen LogP contribution is 2.70. The Bertz CT molecular complexity index is 1010. The largest absolute Gasteiger partial charge is 0.453 e. The van der Waals surface area contributed by atoms with Gasteiger partial charge in [-0.2, -0.15) is 0 Å². The first kappa shape index (κ1) is 17.7. The molecule has 8 nitrogen and oxygen atoms in total. The Labute approximate surface area is 174 Å². The summed E-state index contributed by atoms with van der Waals surface area (Å²) in [6.07, 6.45) is -0.504. The molecule has 0 N–H and O–H groups in total. The Hall–Kier alpha value is -2.00. The van der Waals surface area contributed by atoms with Crippen LogP contribution in [0.2, 0.25) is 0 Å². The van der Waals surface area contributed by atoms with Crippen LogP contribution in [0, 0.1) is 11.8 Å². The Morgan fingerprint density at radius 1 is 1.27 bits per heavy atom. The number of carbonyl (C=O) groups is 2. The molecule has 7 rings (SSSR count). The highest BCUT2D eigenvalue weighted by atomic mass is 16.7. The molecule has 5 heterocycles. The third kappa shape index (κ3) is 1.56. The van der Waals surface area contributed by atoms with E-state index in [9.17, 15) is 9.59 Å². The maximum absolute atomic E-state index is 14.3. The third-order valence-corrected chi connectivity index (χ3v) is 8.44. The smallest absolute Gasteiger partial charge is 0.299 e. The Balaban J connectivity index is 1.60. The minimum absolute atomic E-state index is 0.0225. The predicted molar refractivity (Wildman–Crippen MR) is 103 cm³/mol. The number of carbonyl (C=O) groups excluding carboxylic acids is 2. The van der Waals surface area contributed by atoms with Crippen LogP contribution < -0.4 is 9.64 Å². The number of hydrogen-bond acceptors (Lipinski definition) is 7. The number of benzene rings is 1. The lowest BCUT2D eigenvalue weighted by molar-refractivity contribution is -0.256. The molecule has 1 amide bonds. The third-order valence-electron chi connectivity index (χ3n) is 8.44. The van der Waals surface area contributed by atoms with E-state index in [1.54, 1.807) is 4.90 Å². The summed E-state index contributed by atoms with van der Waals surface area (Å²) < 4.78 is 24.6. The lowest BCUT2D eigenvalue weighted by Gasteiger charge is -2.58. The summed E-state index contributed by atoms with van der Waals surface area (Å²) >= 11 is 0. The van der Waals surface area contributed by atoms with E-state index in [2.05, 4.69) is 4.90 Å². The summed E-state index contributed by atoms with van der Waals surface area (Å²) in [5, 5.41) is 0. The summed E-state index contributed by atoms with van der Waals surface area (Å²) in [5.74, 6) is 0.196. The van der Waals surface area contributed by atoms with E-state index in [1.165, 1.54) is 7.11 Å². The van der Waals surface area contributed by atoms with E-state index >= 15 is 0 Å². The van der Waals surface area contributed by atoms with Gasteiger partial charge in [0.2, 0.25) is 0 Å². The molecule has 1 saturated carbocycles. The van der Waals surface area contributed by atoms with E-state index in [4.69, 9.17) is 18.9 Å². The molecule has 30 heavy (non-hydrogen) atoms. The molecule has 8 heteroatoms. The number of amides is 1. The highest BCUT2D eigenvalue weighted by molar-refractivity contribution is 6.10. The van der Waals surface area contributed by atoms with Gasteiger partial charge in [-0.25, -0.2) is 0 Å². The van der Waals surface area contributed by atoms with Crippen LogP contribution in [-0.4, -0.2) is 67.7 Å². The van der Waals surface area contributed by atoms with Crippen LogP contribution in [0.3, 0.4) is 0 Å². The average Bonchev–Trinajstić information content (AvgIpc) is 3.14. The van der Waals surface area contributed by atoms with Crippen LogP contribution in [0.15, 0.2) is 18.2 Å². The minimum Gasteiger partial charge on any atom is -0.453 e. The monoisotopic (exact) mass is 412 g/mol. The Kier molecular flexibility index (Phi) is 3.09. The molecule has 4 fully saturated rings. The number of anilines is 1. The molecule has 1 aromatic carbocycles. The molecule has 1 aromatic rings. The fraction of sp³-hybridized carbons (Fsp3) is 0.636. The van der Waals surface area contributed by atoms with Crippen LogP contribution in [0.1, 0.15) is 25.3 Å². The molecule has 1 aliphatic carbocycles. The van der Waals surface area contributed by atoms with Gasteiger partial charge in [-0.05, 0) is 38.4 Å². The van der Waals surface area contributed by atoms with Crippen molar-refractivity contribution in [1.82, 2.24) is 4.90 Å². The van der Waals surface area contributed by atoms with Crippen LogP contribution in [-0.2, 0) is 29.2 Å². The first-order valence-corrected chi connectivity index (χ1v) is 10.7. The normalized spacial score (nSPS) is 47.8. The van der Waals surface area contributed by atoms with Gasteiger partial charge in [0.15, 0.2) is 11.5 Å². The molecule has 5 aliphatic heterocycles. The summed E-state index contributed by atoms with van der Waals surface area (Å²) in [6, 6.07) is 5.68. The SMILES string of the molecule is CO[C@H]1Oc2cccc3c2N(C1=O)[C@@]12O[C@@H]4C[C@H]5[C@@H](C(=O)[C@]31CCN4C)[C@@H](C)O[C@H]52. The summed E-state index contributed by atoms with van der Waals surface area (Å²) in [5.41, 5.74) is -0.702. The number of hydrogen-bond donors (Lipinski definition) is 0. The molecule has 1 spiro atoms. The van der Waals surface area contributed by atoms with E-state index < -0.39 is 17.4 Å². The predicted octanol–water partition coefficient (Wildman–Crippen LogP) is 1.02. The number of ether oxygens (including phenoxy) is 4. The van der Waals surface area contributed by atoms with Crippen molar-refractivity contribution in [2.45, 2.75) is 55.6 Å². The molecule has 0 aromatic heterocycles. The second-order valence-electron chi connectivity index (χ2n) is 9.47. The molecule has 0 radical (unpaired) electrons. The van der Waals surface area contributed by atoms with Gasteiger partial charge in [0, 0.05) is 19.6 Å². The van der Waals surface area contributed by atoms with Crippen LogP contribution in [0.25, 0.3) is 0 Å². The maximum atomic E-state index is 14.3. The molecule has 5 bridgehead atoms. The summed E-state index contributed by atoms with van der Waals surface area (Å²) in [7, 11) is 3.49. The highest BCUT2D eigenvalue weighted by Gasteiger charge is 2.83. The van der Waals surface area contributed by atoms with E-state index in [0.717, 1.165) is 12.0 Å². The van der Waals surface area contributed by atoms with Gasteiger partial charge >= 0.3 is 0 Å². The summed E-state index contributed by atoms with van der Waals surface area (Å²) in [6.45, 7) is 2.69. The van der Waals surface area contributed by atoms with Crippen molar-refractivity contribution in [2.24, 2.45) is 11.8 Å². The molecule has 6 aliphatic rings. The van der Waals surface area contributed by atoms with Gasteiger partial charge in [-0.3, -0.25) is 19.4 Å². The van der Waals surface area contributed by atoms with Gasteiger partial charge < -0.3 is 18.9 Å². The molecule has 8 atom stereocenters. The van der Waals surface area contributed by atoms with Crippen molar-refractivity contribution in [1.29, 1.82) is 0 Å². The average molecular weight is 412 g/mol. The first-order valence-electron chi connectivity index (χ1n) is 10.7. The number of para-hydroxylation sites is 1. The number of Topliss-reactive ketones (excluding diaryl/α,β-unsaturated/α-hetero) is 1. The van der Waals surface area contributed by atoms with Crippen molar-refractivity contribution in [3.8, 4) is 5.75 Å². The number of nitrogens with zero attached hydrogens (tertiary/aromatic N) is 2. The summed E-state index contributed by atoms with van der Waals surface area (Å²) in [4.78, 5) is 31.9. The van der Waals surface area contributed by atoms with Crippen LogP contribution in [0.4, 0.5) is 5.69 Å². The molecule has 0 unspecified atom stereocenters. The van der Waals surface area contributed by atoms with Crippen molar-refractivity contribution in [3.63, 3.8) is 0 Å². The maximum Gasteiger partial charge on any atom is 0.299 e. The van der Waals surface area contributed by atoms with Gasteiger partial charge in [-0.15, -0.1) is 0 Å². The second-order valence-corrected chi connectivity index (χ2v) is 9.47. The van der Waals surface area contributed by atoms with Crippen molar-refractivity contribution < 1.29 is 28.5 Å². The zero-order valence-corrected chi connectivity index (χ0v) is 17.2. The van der Waals surface area contributed by atoms with Crippen molar-refractivity contribution >= 4 is 17.4 Å². The van der Waals surface area contributed by atoms with Crippen LogP contribution >= 0.6 is 0 Å². The topological polar surface area (TPSA) is 77.5 Å². The lowest BCUT2D eigenvalue weighted by atomic mass is 9.54. The number of rotatable bonds is 1. The van der Waals surface area contributed by atoms with Gasteiger partial charge in [0.1, 0.15) is 23.5 Å². The number of methoxy groups -OCH3 is 1. The number of ketones is 1. The van der Waals surface area contributed by atoms with Crippen LogP contribution in [0.5, 0.6) is 5.75 Å². The van der Waals surface area contributed by atoms with Gasteiger partial charge in [-0.1, -0.05) is 12.1 Å². The lowest BCUT2D eigenvalue weighted by Crippen LogP contribution is -2.78. The molecule has 158 valence electrons. The molecular weight excluding hydrogens is 388 g/mol. The standard InChI is InChI=1S/C22H24N2O6/c1-10-15-11-9-14-23(2)8-7-21(17(15)25)12-5-4-6-13-16(12)24(19(26)20(27-3)29-13)22(21,30-14)18(11)28-10/h4-6,10-11,14-15,18,20H,7-9H2,1-3H3/t10-,11+,14-,15+,18-,20+,21+,22+/m1/s1. The zero-order chi connectivity index (χ0) is 20.6. The first-order chi connectivity index (χ1) is 14.5. The second kappa shape index (κ2) is 5.24. The molecule has 3 saturated heterocycles. The van der Waals surface area contributed by atoms with Gasteiger partial charge in [0.25, 0.3) is 12.2 Å².